The largest absolute Gasteiger partial charge is 0.497 e. The third-order valence-electron chi connectivity index (χ3n) is 3.12. The van der Waals surface area contributed by atoms with Crippen molar-refractivity contribution in [1.29, 1.82) is 0 Å². The van der Waals surface area contributed by atoms with Gasteiger partial charge < -0.3 is 19.5 Å². The molecule has 21 heavy (non-hydrogen) atoms. The molecule has 0 aliphatic heterocycles. The summed E-state index contributed by atoms with van der Waals surface area (Å²) < 4.78 is 29.0. The van der Waals surface area contributed by atoms with Gasteiger partial charge in [-0.3, -0.25) is 0 Å². The highest BCUT2D eigenvalue weighted by atomic mass is 19.1. The van der Waals surface area contributed by atoms with Crippen LogP contribution in [0.15, 0.2) is 36.4 Å². The standard InChI is InChI=1S/C16H18FNO3/c1-19-13-5-7-15(20-2)11(8-13)10-18-12-4-6-16(21-3)14(17)9-12/h4-9,18H,10H2,1-3H3. The predicted molar refractivity (Wildman–Crippen MR) is 79.8 cm³/mol. The number of nitrogens with one attached hydrogen (secondary N) is 1. The van der Waals surface area contributed by atoms with Crippen LogP contribution >= 0.6 is 0 Å². The van der Waals surface area contributed by atoms with Crippen LogP contribution in [0.1, 0.15) is 5.56 Å². The molecule has 0 aliphatic rings. The summed E-state index contributed by atoms with van der Waals surface area (Å²) in [5, 5.41) is 3.15. The fourth-order valence-electron chi connectivity index (χ4n) is 1.99. The number of rotatable bonds is 6. The van der Waals surface area contributed by atoms with Gasteiger partial charge in [-0.1, -0.05) is 0 Å². The van der Waals surface area contributed by atoms with Crippen LogP contribution in [-0.2, 0) is 6.54 Å². The van der Waals surface area contributed by atoms with Gasteiger partial charge in [-0.25, -0.2) is 4.39 Å². The summed E-state index contributed by atoms with van der Waals surface area (Å²) in [6.45, 7) is 0.492. The molecule has 0 heterocycles. The van der Waals surface area contributed by atoms with Gasteiger partial charge in [0.2, 0.25) is 0 Å². The second kappa shape index (κ2) is 6.83. The van der Waals surface area contributed by atoms with Crippen molar-refractivity contribution in [2.45, 2.75) is 6.54 Å². The summed E-state index contributed by atoms with van der Waals surface area (Å²) in [6, 6.07) is 10.3. The summed E-state index contributed by atoms with van der Waals surface area (Å²) in [7, 11) is 4.66. The number of benzene rings is 2. The first-order valence-corrected chi connectivity index (χ1v) is 6.46. The maximum absolute atomic E-state index is 13.6. The molecule has 0 aliphatic carbocycles. The zero-order valence-electron chi connectivity index (χ0n) is 12.3. The van der Waals surface area contributed by atoms with Gasteiger partial charge >= 0.3 is 0 Å². The van der Waals surface area contributed by atoms with Crippen LogP contribution in [0.25, 0.3) is 0 Å². The Morgan fingerprint density at radius 2 is 1.62 bits per heavy atom. The van der Waals surface area contributed by atoms with E-state index in [1.54, 1.807) is 26.4 Å². The summed E-state index contributed by atoms with van der Waals surface area (Å²) in [6.07, 6.45) is 0. The van der Waals surface area contributed by atoms with Gasteiger partial charge in [-0.05, 0) is 30.3 Å². The molecule has 0 aromatic heterocycles. The number of hydrogen-bond acceptors (Lipinski definition) is 4. The second-order valence-corrected chi connectivity index (χ2v) is 4.38. The van der Waals surface area contributed by atoms with Gasteiger partial charge in [0.05, 0.1) is 21.3 Å². The fourth-order valence-corrected chi connectivity index (χ4v) is 1.99. The van der Waals surface area contributed by atoms with E-state index in [0.717, 1.165) is 17.1 Å². The van der Waals surface area contributed by atoms with Crippen LogP contribution in [0.5, 0.6) is 17.2 Å². The monoisotopic (exact) mass is 291 g/mol. The van der Waals surface area contributed by atoms with E-state index in [2.05, 4.69) is 5.32 Å². The van der Waals surface area contributed by atoms with Gasteiger partial charge in [0.15, 0.2) is 11.6 Å². The molecule has 2 aromatic carbocycles. The smallest absolute Gasteiger partial charge is 0.167 e. The van der Waals surface area contributed by atoms with Crippen molar-refractivity contribution in [3.8, 4) is 17.2 Å². The molecule has 0 saturated carbocycles. The zero-order chi connectivity index (χ0) is 15.2. The molecule has 112 valence electrons. The average Bonchev–Trinajstić information content (AvgIpc) is 2.52. The molecule has 0 saturated heterocycles. The Kier molecular flexibility index (Phi) is 4.87. The van der Waals surface area contributed by atoms with E-state index in [4.69, 9.17) is 14.2 Å². The first-order chi connectivity index (χ1) is 10.2. The van der Waals surface area contributed by atoms with Crippen LogP contribution in [0.3, 0.4) is 0 Å². The van der Waals surface area contributed by atoms with Crippen LogP contribution < -0.4 is 19.5 Å². The Morgan fingerprint density at radius 3 is 2.24 bits per heavy atom. The highest BCUT2D eigenvalue weighted by Gasteiger charge is 2.07. The summed E-state index contributed by atoms with van der Waals surface area (Å²) in [5.41, 5.74) is 1.59. The van der Waals surface area contributed by atoms with E-state index in [1.165, 1.54) is 13.2 Å². The lowest BCUT2D eigenvalue weighted by molar-refractivity contribution is 0.386. The second-order valence-electron chi connectivity index (χ2n) is 4.38. The zero-order valence-corrected chi connectivity index (χ0v) is 12.3. The van der Waals surface area contributed by atoms with Gasteiger partial charge in [0.1, 0.15) is 11.5 Å². The number of ether oxygens (including phenoxy) is 3. The van der Waals surface area contributed by atoms with E-state index in [0.29, 0.717) is 12.2 Å². The van der Waals surface area contributed by atoms with Crippen molar-refractivity contribution in [3.63, 3.8) is 0 Å². The third kappa shape index (κ3) is 3.56. The minimum atomic E-state index is -0.403. The van der Waals surface area contributed by atoms with E-state index < -0.39 is 5.82 Å². The average molecular weight is 291 g/mol. The minimum Gasteiger partial charge on any atom is -0.497 e. The van der Waals surface area contributed by atoms with E-state index in [9.17, 15) is 4.39 Å². The van der Waals surface area contributed by atoms with Crippen molar-refractivity contribution in [1.82, 2.24) is 0 Å². The number of hydrogen-bond donors (Lipinski definition) is 1. The lowest BCUT2D eigenvalue weighted by Gasteiger charge is -2.12. The summed E-state index contributed by atoms with van der Waals surface area (Å²) >= 11 is 0. The summed E-state index contributed by atoms with van der Waals surface area (Å²) in [5.74, 6) is 1.31. The number of halogens is 1. The Balaban J connectivity index is 2.13. The normalized spacial score (nSPS) is 10.1. The summed E-state index contributed by atoms with van der Waals surface area (Å²) in [4.78, 5) is 0. The lowest BCUT2D eigenvalue weighted by Crippen LogP contribution is -2.03. The molecule has 1 N–H and O–H groups in total. The highest BCUT2D eigenvalue weighted by molar-refractivity contribution is 5.49. The molecule has 0 fully saturated rings. The van der Waals surface area contributed by atoms with Crippen LogP contribution in [-0.4, -0.2) is 21.3 Å². The molecule has 0 amide bonds. The Labute approximate surface area is 123 Å². The van der Waals surface area contributed by atoms with Crippen molar-refractivity contribution in [2.24, 2.45) is 0 Å². The van der Waals surface area contributed by atoms with Gasteiger partial charge in [-0.15, -0.1) is 0 Å². The third-order valence-corrected chi connectivity index (χ3v) is 3.12. The van der Waals surface area contributed by atoms with Crippen molar-refractivity contribution >= 4 is 5.69 Å². The molecule has 0 atom stereocenters. The molecular formula is C16H18FNO3. The minimum absolute atomic E-state index is 0.222. The predicted octanol–water partition coefficient (Wildman–Crippen LogP) is 3.46. The Hall–Kier alpha value is -2.43. The quantitative estimate of drug-likeness (QED) is 0.884. The van der Waals surface area contributed by atoms with Gasteiger partial charge in [-0.2, -0.15) is 0 Å². The molecule has 2 rings (SSSR count). The SMILES string of the molecule is COc1ccc(OC)c(CNc2ccc(OC)c(F)c2)c1. The van der Waals surface area contributed by atoms with E-state index in [1.807, 2.05) is 18.2 Å². The van der Waals surface area contributed by atoms with Crippen molar-refractivity contribution in [2.75, 3.05) is 26.6 Å². The van der Waals surface area contributed by atoms with Crippen molar-refractivity contribution < 1.29 is 18.6 Å². The molecule has 0 unspecified atom stereocenters. The molecule has 0 bridgehead atoms. The highest BCUT2D eigenvalue weighted by Crippen LogP contribution is 2.26. The maximum atomic E-state index is 13.6. The topological polar surface area (TPSA) is 39.7 Å². The van der Waals surface area contributed by atoms with E-state index >= 15 is 0 Å². The molecule has 0 spiro atoms. The number of methoxy groups -OCH3 is 3. The number of anilines is 1. The Bertz CT molecular complexity index is 616. The van der Waals surface area contributed by atoms with Crippen LogP contribution in [0.4, 0.5) is 10.1 Å². The van der Waals surface area contributed by atoms with Crippen LogP contribution in [0.2, 0.25) is 0 Å². The van der Waals surface area contributed by atoms with Crippen LogP contribution in [0, 0.1) is 5.82 Å². The fraction of sp³-hybridized carbons (Fsp3) is 0.250. The van der Waals surface area contributed by atoms with Gasteiger partial charge in [0, 0.05) is 23.9 Å². The molecular weight excluding hydrogens is 273 g/mol. The lowest BCUT2D eigenvalue weighted by atomic mass is 10.1. The van der Waals surface area contributed by atoms with Gasteiger partial charge in [0.25, 0.3) is 0 Å². The molecule has 2 aromatic rings. The van der Waals surface area contributed by atoms with Crippen molar-refractivity contribution in [3.05, 3.63) is 47.8 Å². The maximum Gasteiger partial charge on any atom is 0.167 e. The first-order valence-electron chi connectivity index (χ1n) is 6.46. The first kappa shape index (κ1) is 15.0. The molecule has 5 heteroatoms. The Morgan fingerprint density at radius 1 is 0.905 bits per heavy atom. The molecule has 0 radical (unpaired) electrons. The molecule has 4 nitrogen and oxygen atoms in total. The van der Waals surface area contributed by atoms with E-state index in [-0.39, 0.29) is 5.75 Å².